The van der Waals surface area contributed by atoms with Gasteiger partial charge in [-0.25, -0.2) is 4.98 Å². The Hall–Kier alpha value is -2.64. The number of nitrogens with zero attached hydrogens (tertiary/aromatic N) is 4. The molecule has 0 aliphatic rings. The van der Waals surface area contributed by atoms with Gasteiger partial charge in [0.2, 0.25) is 5.91 Å². The molecular formula is C27H36N4O2S. The smallest absolute Gasteiger partial charge is 0.262 e. The van der Waals surface area contributed by atoms with Crippen LogP contribution in [-0.2, 0) is 17.9 Å². The van der Waals surface area contributed by atoms with Crippen molar-refractivity contribution in [2.24, 2.45) is 0 Å². The van der Waals surface area contributed by atoms with Gasteiger partial charge in [0.25, 0.3) is 5.56 Å². The molecule has 0 aliphatic heterocycles. The molecule has 0 saturated heterocycles. The van der Waals surface area contributed by atoms with E-state index in [-0.39, 0.29) is 17.2 Å². The molecule has 1 amide bonds. The Bertz CT molecular complexity index is 1190. The normalized spacial score (nSPS) is 11.4. The van der Waals surface area contributed by atoms with Gasteiger partial charge in [-0.05, 0) is 63.2 Å². The molecule has 0 aliphatic carbocycles. The molecule has 0 atom stereocenters. The highest BCUT2D eigenvalue weighted by Crippen LogP contribution is 2.20. The van der Waals surface area contributed by atoms with Crippen molar-refractivity contribution in [3.05, 3.63) is 69.5 Å². The molecule has 0 spiro atoms. The molecule has 1 heterocycles. The minimum absolute atomic E-state index is 0.0158. The fourth-order valence-corrected chi connectivity index (χ4v) is 5.02. The van der Waals surface area contributed by atoms with Crippen molar-refractivity contribution < 1.29 is 4.79 Å². The summed E-state index contributed by atoms with van der Waals surface area (Å²) in [6.07, 6.45) is 0.857. The van der Waals surface area contributed by atoms with Gasteiger partial charge in [0.1, 0.15) is 0 Å². The van der Waals surface area contributed by atoms with E-state index in [4.69, 9.17) is 4.98 Å². The van der Waals surface area contributed by atoms with E-state index in [0.29, 0.717) is 29.1 Å². The molecule has 0 saturated carbocycles. The molecule has 2 aromatic carbocycles. The largest absolute Gasteiger partial charge is 0.341 e. The fourth-order valence-electron chi connectivity index (χ4n) is 4.05. The Morgan fingerprint density at radius 2 is 1.82 bits per heavy atom. The summed E-state index contributed by atoms with van der Waals surface area (Å²) >= 11 is 1.35. The van der Waals surface area contributed by atoms with Crippen LogP contribution in [0, 0.1) is 13.8 Å². The van der Waals surface area contributed by atoms with Crippen LogP contribution >= 0.6 is 11.8 Å². The summed E-state index contributed by atoms with van der Waals surface area (Å²) in [5.74, 6) is 0.254. The Morgan fingerprint density at radius 3 is 2.53 bits per heavy atom. The van der Waals surface area contributed by atoms with Crippen molar-refractivity contribution >= 4 is 28.6 Å². The third-order valence-electron chi connectivity index (χ3n) is 6.23. The first-order valence-electron chi connectivity index (χ1n) is 12.0. The lowest BCUT2D eigenvalue weighted by Crippen LogP contribution is -2.30. The van der Waals surface area contributed by atoms with Gasteiger partial charge in [0.15, 0.2) is 5.16 Å². The standard InChI is InChI=1S/C27H36N4O2S/c1-6-30(7-2)15-10-16-31-26(33)23-11-8-9-12-24(23)28-27(31)34-19-25(32)29(5)18-22-14-13-20(3)17-21(22)4/h8-9,11-14,17H,6-7,10,15-16,18-19H2,1-5H3. The second-order valence-electron chi connectivity index (χ2n) is 8.72. The second kappa shape index (κ2) is 12.2. The van der Waals surface area contributed by atoms with E-state index in [0.717, 1.165) is 31.6 Å². The van der Waals surface area contributed by atoms with E-state index in [1.807, 2.05) is 31.3 Å². The zero-order valence-electron chi connectivity index (χ0n) is 21.0. The highest BCUT2D eigenvalue weighted by Gasteiger charge is 2.16. The van der Waals surface area contributed by atoms with E-state index in [2.05, 4.69) is 50.8 Å². The minimum Gasteiger partial charge on any atom is -0.341 e. The van der Waals surface area contributed by atoms with Crippen molar-refractivity contribution in [2.45, 2.75) is 52.4 Å². The summed E-state index contributed by atoms with van der Waals surface area (Å²) in [7, 11) is 1.83. The number of thioether (sulfide) groups is 1. The van der Waals surface area contributed by atoms with Gasteiger partial charge in [-0.1, -0.05) is 61.5 Å². The number of hydrogen-bond acceptors (Lipinski definition) is 5. The monoisotopic (exact) mass is 480 g/mol. The van der Waals surface area contributed by atoms with E-state index < -0.39 is 0 Å². The van der Waals surface area contributed by atoms with Gasteiger partial charge in [0.05, 0.1) is 16.7 Å². The predicted molar refractivity (Wildman–Crippen MR) is 142 cm³/mol. The van der Waals surface area contributed by atoms with Crippen LogP contribution in [0.4, 0.5) is 0 Å². The minimum atomic E-state index is -0.0382. The number of carbonyl (C=O) groups excluding carboxylic acids is 1. The van der Waals surface area contributed by atoms with Crippen LogP contribution in [0.15, 0.2) is 52.4 Å². The van der Waals surface area contributed by atoms with Gasteiger partial charge >= 0.3 is 0 Å². The Morgan fingerprint density at radius 1 is 1.09 bits per heavy atom. The second-order valence-corrected chi connectivity index (χ2v) is 9.66. The number of benzene rings is 2. The van der Waals surface area contributed by atoms with Crippen molar-refractivity contribution in [3.63, 3.8) is 0 Å². The lowest BCUT2D eigenvalue weighted by atomic mass is 10.1. The number of hydrogen-bond donors (Lipinski definition) is 0. The molecule has 0 radical (unpaired) electrons. The first-order chi connectivity index (χ1) is 16.3. The van der Waals surface area contributed by atoms with Crippen LogP contribution in [0.2, 0.25) is 0 Å². The number of carbonyl (C=O) groups is 1. The first kappa shape index (κ1) is 26.0. The SMILES string of the molecule is CCN(CC)CCCn1c(SCC(=O)N(C)Cc2ccc(C)cc2C)nc2ccccc2c1=O. The number of aryl methyl sites for hydroxylation is 2. The maximum absolute atomic E-state index is 13.2. The molecule has 34 heavy (non-hydrogen) atoms. The van der Waals surface area contributed by atoms with Crippen LogP contribution in [0.1, 0.15) is 37.0 Å². The average molecular weight is 481 g/mol. The first-order valence-corrected chi connectivity index (χ1v) is 13.0. The van der Waals surface area contributed by atoms with Crippen LogP contribution < -0.4 is 5.56 Å². The number of aromatic nitrogens is 2. The summed E-state index contributed by atoms with van der Waals surface area (Å²) in [6, 6.07) is 13.7. The third-order valence-corrected chi connectivity index (χ3v) is 7.19. The summed E-state index contributed by atoms with van der Waals surface area (Å²) in [4.78, 5) is 35.0. The Kier molecular flexibility index (Phi) is 9.30. The van der Waals surface area contributed by atoms with Crippen LogP contribution in [0.3, 0.4) is 0 Å². The molecule has 0 fully saturated rings. The molecule has 7 heteroatoms. The fraction of sp³-hybridized carbons (Fsp3) is 0.444. The number of amides is 1. The highest BCUT2D eigenvalue weighted by molar-refractivity contribution is 7.99. The zero-order valence-corrected chi connectivity index (χ0v) is 21.8. The maximum atomic E-state index is 13.2. The van der Waals surface area contributed by atoms with Crippen LogP contribution in [0.25, 0.3) is 10.9 Å². The molecule has 0 bridgehead atoms. The number of para-hydroxylation sites is 1. The lowest BCUT2D eigenvalue weighted by molar-refractivity contribution is -0.127. The van der Waals surface area contributed by atoms with Crippen LogP contribution in [0.5, 0.6) is 0 Å². The topological polar surface area (TPSA) is 58.4 Å². The van der Waals surface area contributed by atoms with Gasteiger partial charge < -0.3 is 9.80 Å². The molecule has 3 rings (SSSR count). The van der Waals surface area contributed by atoms with Crippen molar-refractivity contribution in [1.82, 2.24) is 19.4 Å². The van der Waals surface area contributed by atoms with Crippen molar-refractivity contribution in [2.75, 3.05) is 32.4 Å². The summed E-state index contributed by atoms with van der Waals surface area (Å²) in [5.41, 5.74) is 4.18. The molecular weight excluding hydrogens is 444 g/mol. The van der Waals surface area contributed by atoms with E-state index in [9.17, 15) is 9.59 Å². The molecule has 0 unspecified atom stereocenters. The summed E-state index contributed by atoms with van der Waals surface area (Å²) in [5, 5.41) is 1.23. The van der Waals surface area contributed by atoms with Crippen molar-refractivity contribution in [1.29, 1.82) is 0 Å². The van der Waals surface area contributed by atoms with Crippen molar-refractivity contribution in [3.8, 4) is 0 Å². The van der Waals surface area contributed by atoms with Gasteiger partial charge in [-0.2, -0.15) is 0 Å². The average Bonchev–Trinajstić information content (AvgIpc) is 2.83. The zero-order chi connectivity index (χ0) is 24.7. The quantitative estimate of drug-likeness (QED) is 0.299. The van der Waals surface area contributed by atoms with E-state index in [1.54, 1.807) is 9.47 Å². The Labute approximate surface area is 207 Å². The maximum Gasteiger partial charge on any atom is 0.262 e. The summed E-state index contributed by atoms with van der Waals surface area (Å²) in [6.45, 7) is 12.5. The number of fused-ring (bicyclic) bond motifs is 1. The lowest BCUT2D eigenvalue weighted by Gasteiger charge is -2.20. The van der Waals surface area contributed by atoms with Crippen LogP contribution in [-0.4, -0.2) is 57.7 Å². The van der Waals surface area contributed by atoms with Gasteiger partial charge in [-0.3, -0.25) is 14.2 Å². The number of rotatable bonds is 11. The molecule has 6 nitrogen and oxygen atoms in total. The highest BCUT2D eigenvalue weighted by atomic mass is 32.2. The molecule has 3 aromatic rings. The van der Waals surface area contributed by atoms with E-state index in [1.165, 1.54) is 22.9 Å². The third kappa shape index (κ3) is 6.48. The molecule has 0 N–H and O–H groups in total. The Balaban J connectivity index is 1.75. The van der Waals surface area contributed by atoms with E-state index >= 15 is 0 Å². The molecule has 182 valence electrons. The molecule has 1 aromatic heterocycles. The van der Waals surface area contributed by atoms with Gasteiger partial charge in [0, 0.05) is 20.1 Å². The summed E-state index contributed by atoms with van der Waals surface area (Å²) < 4.78 is 1.74. The predicted octanol–water partition coefficient (Wildman–Crippen LogP) is 4.50. The van der Waals surface area contributed by atoms with Gasteiger partial charge in [-0.15, -0.1) is 0 Å².